The number of aromatic nitrogens is 1. The van der Waals surface area contributed by atoms with Gasteiger partial charge in [0.05, 0.1) is 0 Å². The van der Waals surface area contributed by atoms with Gasteiger partial charge in [0.1, 0.15) is 17.2 Å². The van der Waals surface area contributed by atoms with Crippen LogP contribution in [0.4, 0.5) is 4.39 Å². The number of pyridine rings is 1. The zero-order chi connectivity index (χ0) is 13.9. The minimum Gasteiger partial charge on any atom is -0.456 e. The molecule has 0 saturated heterocycles. The summed E-state index contributed by atoms with van der Waals surface area (Å²) in [5.41, 5.74) is 2.67. The van der Waals surface area contributed by atoms with Gasteiger partial charge in [-0.2, -0.15) is 0 Å². The molecule has 0 aliphatic rings. The highest BCUT2D eigenvalue weighted by Crippen LogP contribution is 2.28. The summed E-state index contributed by atoms with van der Waals surface area (Å²) in [6.45, 7) is 3.74. The average molecular weight is 270 g/mol. The molecule has 1 aromatic carbocycles. The van der Waals surface area contributed by atoms with Crippen molar-refractivity contribution in [2.45, 2.75) is 13.5 Å². The number of furan rings is 1. The second-order valence-electron chi connectivity index (χ2n) is 4.65. The zero-order valence-electron chi connectivity index (χ0n) is 11.2. The fourth-order valence-electron chi connectivity index (χ4n) is 2.14. The number of rotatable bonds is 4. The van der Waals surface area contributed by atoms with E-state index in [0.29, 0.717) is 11.3 Å². The first kappa shape index (κ1) is 12.8. The van der Waals surface area contributed by atoms with Crippen molar-refractivity contribution in [1.82, 2.24) is 10.3 Å². The van der Waals surface area contributed by atoms with Crippen LogP contribution in [0.2, 0.25) is 0 Å². The van der Waals surface area contributed by atoms with E-state index in [0.717, 1.165) is 29.6 Å². The van der Waals surface area contributed by atoms with E-state index in [1.54, 1.807) is 12.3 Å². The average Bonchev–Trinajstić information content (AvgIpc) is 2.88. The van der Waals surface area contributed by atoms with Gasteiger partial charge in [-0.15, -0.1) is 0 Å². The molecule has 0 atom stereocenters. The molecule has 1 N–H and O–H groups in total. The molecule has 3 aromatic rings. The van der Waals surface area contributed by atoms with Gasteiger partial charge in [0.25, 0.3) is 0 Å². The zero-order valence-corrected chi connectivity index (χ0v) is 11.2. The third-order valence-electron chi connectivity index (χ3n) is 3.14. The van der Waals surface area contributed by atoms with Crippen LogP contribution in [0.15, 0.2) is 47.1 Å². The van der Waals surface area contributed by atoms with Gasteiger partial charge < -0.3 is 9.73 Å². The van der Waals surface area contributed by atoms with Crippen molar-refractivity contribution < 1.29 is 8.81 Å². The van der Waals surface area contributed by atoms with Crippen molar-refractivity contribution in [2.24, 2.45) is 0 Å². The van der Waals surface area contributed by atoms with Crippen LogP contribution in [0, 0.1) is 5.82 Å². The Morgan fingerprint density at radius 1 is 1.20 bits per heavy atom. The Kier molecular flexibility index (Phi) is 3.48. The molecular formula is C16H15FN2O. The molecule has 3 nitrogen and oxygen atoms in total. The molecule has 0 radical (unpaired) electrons. The summed E-state index contributed by atoms with van der Waals surface area (Å²) in [6, 6.07) is 8.38. The Labute approximate surface area is 116 Å². The summed E-state index contributed by atoms with van der Waals surface area (Å²) in [5.74, 6) is 0.445. The number of nitrogens with zero attached hydrogens (tertiary/aromatic N) is 1. The smallest absolute Gasteiger partial charge is 0.136 e. The molecule has 4 heteroatoms. The maximum atomic E-state index is 13.2. The van der Waals surface area contributed by atoms with E-state index in [4.69, 9.17) is 4.42 Å². The highest BCUT2D eigenvalue weighted by atomic mass is 19.1. The monoisotopic (exact) mass is 270 g/mol. The lowest BCUT2D eigenvalue weighted by Gasteiger charge is -2.03. The number of nitrogens with one attached hydrogen (secondary N) is 1. The lowest BCUT2D eigenvalue weighted by atomic mass is 10.1. The van der Waals surface area contributed by atoms with Crippen LogP contribution < -0.4 is 5.32 Å². The lowest BCUT2D eigenvalue weighted by Crippen LogP contribution is -2.11. The van der Waals surface area contributed by atoms with Crippen molar-refractivity contribution in [3.8, 4) is 11.3 Å². The minimum atomic E-state index is -0.260. The Morgan fingerprint density at radius 3 is 2.95 bits per heavy atom. The van der Waals surface area contributed by atoms with Gasteiger partial charge in [-0.25, -0.2) is 4.39 Å². The van der Waals surface area contributed by atoms with E-state index in [1.807, 2.05) is 18.3 Å². The van der Waals surface area contributed by atoms with E-state index >= 15 is 0 Å². The topological polar surface area (TPSA) is 38.1 Å². The van der Waals surface area contributed by atoms with Crippen molar-refractivity contribution in [3.05, 3.63) is 54.1 Å². The summed E-state index contributed by atoms with van der Waals surface area (Å²) in [5, 5.41) is 4.02. The Hall–Kier alpha value is -2.20. The van der Waals surface area contributed by atoms with Crippen LogP contribution in [0.3, 0.4) is 0 Å². The predicted octanol–water partition coefficient (Wildman–Crippen LogP) is 3.74. The molecule has 0 bridgehead atoms. The third kappa shape index (κ3) is 2.56. The van der Waals surface area contributed by atoms with E-state index in [9.17, 15) is 4.39 Å². The van der Waals surface area contributed by atoms with Gasteiger partial charge in [-0.3, -0.25) is 4.98 Å². The number of halogens is 1. The Balaban J connectivity index is 1.97. The first-order valence-electron chi connectivity index (χ1n) is 6.60. The minimum absolute atomic E-state index is 0.260. The fraction of sp³-hybridized carbons (Fsp3) is 0.188. The summed E-state index contributed by atoms with van der Waals surface area (Å²) >= 11 is 0. The Bertz CT molecular complexity index is 736. The van der Waals surface area contributed by atoms with Crippen LogP contribution in [-0.4, -0.2) is 11.5 Å². The van der Waals surface area contributed by atoms with Gasteiger partial charge in [-0.05, 0) is 42.4 Å². The summed E-state index contributed by atoms with van der Waals surface area (Å²) in [4.78, 5) is 4.23. The normalized spacial score (nSPS) is 11.1. The summed E-state index contributed by atoms with van der Waals surface area (Å²) in [7, 11) is 0. The molecule has 0 saturated carbocycles. The van der Waals surface area contributed by atoms with Gasteiger partial charge in [0, 0.05) is 29.9 Å². The standard InChI is InChI=1S/C16H15FN2O/c1-2-18-8-11-5-13(10-19-9-11)16-7-12-6-14(17)3-4-15(12)20-16/h3-7,9-10,18H,2,8H2,1H3. The molecule has 20 heavy (non-hydrogen) atoms. The van der Waals surface area contributed by atoms with Crippen molar-refractivity contribution in [2.75, 3.05) is 6.54 Å². The number of benzene rings is 1. The SMILES string of the molecule is CCNCc1cncc(-c2cc3cc(F)ccc3o2)c1. The quantitative estimate of drug-likeness (QED) is 0.784. The highest BCUT2D eigenvalue weighted by Gasteiger charge is 2.08. The first-order valence-corrected chi connectivity index (χ1v) is 6.60. The van der Waals surface area contributed by atoms with Crippen LogP contribution in [0.1, 0.15) is 12.5 Å². The maximum Gasteiger partial charge on any atom is 0.136 e. The van der Waals surface area contributed by atoms with Crippen molar-refractivity contribution in [3.63, 3.8) is 0 Å². The van der Waals surface area contributed by atoms with Gasteiger partial charge >= 0.3 is 0 Å². The van der Waals surface area contributed by atoms with Gasteiger partial charge in [0.15, 0.2) is 0 Å². The second kappa shape index (κ2) is 5.43. The largest absolute Gasteiger partial charge is 0.456 e. The summed E-state index contributed by atoms with van der Waals surface area (Å²) < 4.78 is 18.9. The Morgan fingerprint density at radius 2 is 2.10 bits per heavy atom. The predicted molar refractivity (Wildman–Crippen MR) is 76.8 cm³/mol. The lowest BCUT2D eigenvalue weighted by molar-refractivity contribution is 0.618. The molecule has 0 spiro atoms. The fourth-order valence-corrected chi connectivity index (χ4v) is 2.14. The van der Waals surface area contributed by atoms with Gasteiger partial charge in [-0.1, -0.05) is 6.92 Å². The molecule has 102 valence electrons. The molecule has 0 fully saturated rings. The number of hydrogen-bond donors (Lipinski definition) is 1. The highest BCUT2D eigenvalue weighted by molar-refractivity contribution is 5.82. The molecular weight excluding hydrogens is 255 g/mol. The molecule has 2 heterocycles. The van der Waals surface area contributed by atoms with E-state index in [2.05, 4.69) is 17.2 Å². The van der Waals surface area contributed by atoms with Crippen LogP contribution in [0.5, 0.6) is 0 Å². The van der Waals surface area contributed by atoms with Crippen LogP contribution in [0.25, 0.3) is 22.3 Å². The number of hydrogen-bond acceptors (Lipinski definition) is 3. The molecule has 3 rings (SSSR count). The molecule has 0 amide bonds. The van der Waals surface area contributed by atoms with Crippen molar-refractivity contribution in [1.29, 1.82) is 0 Å². The molecule has 0 aliphatic heterocycles. The molecule has 2 aromatic heterocycles. The van der Waals surface area contributed by atoms with Crippen LogP contribution >= 0.6 is 0 Å². The molecule has 0 aliphatic carbocycles. The van der Waals surface area contributed by atoms with Gasteiger partial charge in [0.2, 0.25) is 0 Å². The first-order chi connectivity index (χ1) is 9.76. The van der Waals surface area contributed by atoms with E-state index < -0.39 is 0 Å². The number of fused-ring (bicyclic) bond motifs is 1. The summed E-state index contributed by atoms with van der Waals surface area (Å²) in [6.07, 6.45) is 3.58. The molecule has 0 unspecified atom stereocenters. The van der Waals surface area contributed by atoms with E-state index in [-0.39, 0.29) is 5.82 Å². The second-order valence-corrected chi connectivity index (χ2v) is 4.65. The van der Waals surface area contributed by atoms with Crippen molar-refractivity contribution >= 4 is 11.0 Å². The third-order valence-corrected chi connectivity index (χ3v) is 3.14. The maximum absolute atomic E-state index is 13.2. The van der Waals surface area contributed by atoms with E-state index in [1.165, 1.54) is 12.1 Å². The van der Waals surface area contributed by atoms with Crippen LogP contribution in [-0.2, 0) is 6.54 Å².